The van der Waals surface area contributed by atoms with Crippen LogP contribution in [0.25, 0.3) is 22.3 Å². The van der Waals surface area contributed by atoms with Gasteiger partial charge >= 0.3 is 0 Å². The first-order valence-corrected chi connectivity index (χ1v) is 22.5. The summed E-state index contributed by atoms with van der Waals surface area (Å²) < 4.78 is 13.0. The zero-order valence-electron chi connectivity index (χ0n) is 29.9. The van der Waals surface area contributed by atoms with Crippen molar-refractivity contribution in [1.29, 1.82) is 0 Å². The molecule has 0 radical (unpaired) electrons. The van der Waals surface area contributed by atoms with E-state index < -0.39 is 16.6 Å². The maximum absolute atomic E-state index is 6.50. The Bertz CT molecular complexity index is 1630. The normalized spacial score (nSPS) is 12.5. The molecule has 0 aliphatic carbocycles. The number of hydrogen-bond acceptors (Lipinski definition) is 3. The van der Waals surface area contributed by atoms with Gasteiger partial charge in [0.2, 0.25) is 16.6 Å². The highest BCUT2D eigenvalue weighted by molar-refractivity contribution is 6.75. The van der Waals surface area contributed by atoms with E-state index in [1.165, 1.54) is 22.3 Å². The molecule has 0 fully saturated rings. The van der Waals surface area contributed by atoms with E-state index >= 15 is 0 Å². The van der Waals surface area contributed by atoms with Gasteiger partial charge in [0.25, 0.3) is 0 Å². The van der Waals surface area contributed by atoms with Gasteiger partial charge in [-0.3, -0.25) is 0 Å². The van der Waals surface area contributed by atoms with Crippen LogP contribution >= 0.6 is 0 Å². The molecule has 0 amide bonds. The largest absolute Gasteiger partial charge is 0.544 e. The molecule has 0 aromatic heterocycles. The first kappa shape index (κ1) is 34.3. The fourth-order valence-corrected chi connectivity index (χ4v) is 7.02. The predicted octanol–water partition coefficient (Wildman–Crippen LogP) is 13.3. The van der Waals surface area contributed by atoms with Crippen molar-refractivity contribution in [2.24, 2.45) is 0 Å². The van der Waals surface area contributed by atoms with E-state index in [4.69, 9.17) is 8.85 Å². The molecular weight excluding hydrogens is 607 g/mol. The molecule has 0 unspecified atom stereocenters. The average Bonchev–Trinajstić information content (AvgIpc) is 3.02. The zero-order valence-corrected chi connectivity index (χ0v) is 31.9. The van der Waals surface area contributed by atoms with Gasteiger partial charge in [-0.25, -0.2) is 0 Å². The minimum atomic E-state index is -1.88. The van der Waals surface area contributed by atoms with Crippen molar-refractivity contribution in [1.82, 2.24) is 0 Å². The predicted molar refractivity (Wildman–Crippen MR) is 208 cm³/mol. The van der Waals surface area contributed by atoms with Crippen molar-refractivity contribution in [3.05, 3.63) is 127 Å². The Hall–Kier alpha value is -4.07. The quantitative estimate of drug-likeness (QED) is 0.147. The van der Waals surface area contributed by atoms with Gasteiger partial charge in [0.15, 0.2) is 0 Å². The van der Waals surface area contributed by atoms with Crippen molar-refractivity contribution in [3.63, 3.8) is 0 Å². The highest BCUT2D eigenvalue weighted by atomic mass is 28.4. The number of hydrogen-bond donors (Lipinski definition) is 0. The van der Waals surface area contributed by atoms with Crippen LogP contribution in [0.5, 0.6) is 11.5 Å². The van der Waals surface area contributed by atoms with Gasteiger partial charge in [0, 0.05) is 17.1 Å². The van der Waals surface area contributed by atoms with E-state index in [0.717, 1.165) is 28.6 Å². The van der Waals surface area contributed by atoms with Crippen LogP contribution in [-0.4, -0.2) is 16.6 Å². The van der Waals surface area contributed by atoms with E-state index in [-0.39, 0.29) is 10.1 Å². The molecule has 5 aromatic rings. The first-order chi connectivity index (χ1) is 22.0. The van der Waals surface area contributed by atoms with Crippen molar-refractivity contribution < 1.29 is 8.85 Å². The van der Waals surface area contributed by atoms with Gasteiger partial charge < -0.3 is 13.8 Å². The number of anilines is 3. The molecule has 5 aromatic carbocycles. The summed E-state index contributed by atoms with van der Waals surface area (Å²) in [7, 11) is -3.75. The summed E-state index contributed by atoms with van der Waals surface area (Å²) >= 11 is 0. The Morgan fingerprint density at radius 2 is 0.660 bits per heavy atom. The Morgan fingerprint density at radius 3 is 0.957 bits per heavy atom. The fraction of sp³-hybridized carbons (Fsp3) is 0.286. The highest BCUT2D eigenvalue weighted by Crippen LogP contribution is 2.40. The standard InChI is InChI=1S/C42H51NO2Si2/c1-41(2,3)46(7,8)44-39-28-20-34(21-29-39)32-16-24-37(25-17-32)43(36-14-12-11-13-15-36)38-26-18-33(19-27-38)35-22-30-40(31-23-35)45-47(9,10)42(4,5)6/h11-31H,1-10H3. The summed E-state index contributed by atoms with van der Waals surface area (Å²) in [5, 5.41) is 0.329. The monoisotopic (exact) mass is 657 g/mol. The van der Waals surface area contributed by atoms with Gasteiger partial charge in [0.05, 0.1) is 0 Å². The molecule has 0 aliphatic heterocycles. The summed E-state index contributed by atoms with van der Waals surface area (Å²) in [5.41, 5.74) is 8.04. The second kappa shape index (κ2) is 13.2. The van der Waals surface area contributed by atoms with Gasteiger partial charge in [-0.1, -0.05) is 108 Å². The van der Waals surface area contributed by atoms with E-state index in [1.807, 2.05) is 0 Å². The zero-order chi connectivity index (χ0) is 34.0. The van der Waals surface area contributed by atoms with Gasteiger partial charge in [0.1, 0.15) is 11.5 Å². The molecule has 0 N–H and O–H groups in total. The molecule has 0 saturated carbocycles. The number of rotatable bonds is 9. The van der Waals surface area contributed by atoms with Crippen molar-refractivity contribution >= 4 is 33.7 Å². The van der Waals surface area contributed by atoms with Crippen LogP contribution in [0, 0.1) is 0 Å². The van der Waals surface area contributed by atoms with Crippen molar-refractivity contribution in [2.75, 3.05) is 4.90 Å². The van der Waals surface area contributed by atoms with Crippen molar-refractivity contribution in [2.45, 2.75) is 77.8 Å². The van der Waals surface area contributed by atoms with Gasteiger partial charge in [-0.15, -0.1) is 0 Å². The summed E-state index contributed by atoms with van der Waals surface area (Å²) in [6.45, 7) is 22.8. The smallest absolute Gasteiger partial charge is 0.250 e. The third-order valence-corrected chi connectivity index (χ3v) is 18.7. The van der Waals surface area contributed by atoms with E-state index in [9.17, 15) is 0 Å². The van der Waals surface area contributed by atoms with Gasteiger partial charge in [-0.05, 0) is 119 Å². The fourth-order valence-electron chi connectivity index (χ4n) is 4.96. The molecule has 3 nitrogen and oxygen atoms in total. The third-order valence-electron chi connectivity index (χ3n) is 10.00. The van der Waals surface area contributed by atoms with E-state index in [1.54, 1.807) is 0 Å². The molecule has 0 atom stereocenters. The molecule has 0 heterocycles. The lowest BCUT2D eigenvalue weighted by Gasteiger charge is -2.36. The minimum Gasteiger partial charge on any atom is -0.544 e. The van der Waals surface area contributed by atoms with Crippen LogP contribution in [0.4, 0.5) is 17.1 Å². The summed E-state index contributed by atoms with van der Waals surface area (Å²) in [6.07, 6.45) is 0. The second-order valence-electron chi connectivity index (χ2n) is 15.5. The van der Waals surface area contributed by atoms with Crippen LogP contribution in [0.15, 0.2) is 127 Å². The Kier molecular flexibility index (Phi) is 9.63. The SMILES string of the molecule is CC(C)(C)[Si](C)(C)Oc1ccc(-c2ccc(N(c3ccccc3)c3ccc(-c4ccc(O[Si](C)(C)C(C)(C)C)cc4)cc3)cc2)cc1. The van der Waals surface area contributed by atoms with Crippen LogP contribution in [0.1, 0.15) is 41.5 Å². The Balaban J connectivity index is 1.36. The van der Waals surface area contributed by atoms with Crippen LogP contribution in [0.3, 0.4) is 0 Å². The lowest BCUT2D eigenvalue weighted by molar-refractivity contribution is 0.492. The lowest BCUT2D eigenvalue weighted by Crippen LogP contribution is -2.43. The molecule has 47 heavy (non-hydrogen) atoms. The highest BCUT2D eigenvalue weighted by Gasteiger charge is 2.39. The van der Waals surface area contributed by atoms with Crippen LogP contribution < -0.4 is 13.8 Å². The molecule has 5 heteroatoms. The first-order valence-electron chi connectivity index (χ1n) is 16.7. The molecule has 5 rings (SSSR count). The average molecular weight is 658 g/mol. The number of nitrogens with zero attached hydrogens (tertiary/aromatic N) is 1. The lowest BCUT2D eigenvalue weighted by atomic mass is 10.0. The van der Waals surface area contributed by atoms with Crippen LogP contribution in [-0.2, 0) is 0 Å². The maximum atomic E-state index is 6.50. The Labute approximate surface area is 285 Å². The molecule has 0 aliphatic rings. The second-order valence-corrected chi connectivity index (χ2v) is 25.0. The Morgan fingerprint density at radius 1 is 0.383 bits per heavy atom. The molecule has 244 valence electrons. The minimum absolute atomic E-state index is 0.165. The summed E-state index contributed by atoms with van der Waals surface area (Å²) in [4.78, 5) is 2.31. The molecule has 0 spiro atoms. The van der Waals surface area contributed by atoms with Crippen molar-refractivity contribution in [3.8, 4) is 33.8 Å². The molecular formula is C42H51NO2Si2. The molecule has 0 bridgehead atoms. The van der Waals surface area contributed by atoms with E-state index in [2.05, 4.69) is 200 Å². The maximum Gasteiger partial charge on any atom is 0.250 e. The summed E-state index contributed by atoms with van der Waals surface area (Å²) in [6, 6.07) is 45.3. The van der Waals surface area contributed by atoms with E-state index in [0.29, 0.717) is 0 Å². The third kappa shape index (κ3) is 7.91. The number of para-hydroxylation sites is 1. The topological polar surface area (TPSA) is 21.7 Å². The van der Waals surface area contributed by atoms with Crippen LogP contribution in [0.2, 0.25) is 36.3 Å². The number of benzene rings is 5. The summed E-state index contributed by atoms with van der Waals surface area (Å²) in [5.74, 6) is 1.90. The molecule has 0 saturated heterocycles. The van der Waals surface area contributed by atoms with Gasteiger partial charge in [-0.2, -0.15) is 0 Å².